The minimum Gasteiger partial charge on any atom is -0.478 e. The van der Waals surface area contributed by atoms with Gasteiger partial charge in [0.25, 0.3) is 0 Å². The lowest BCUT2D eigenvalue weighted by atomic mass is 10.2. The second-order valence-electron chi connectivity index (χ2n) is 3.59. The molecule has 1 aromatic heterocycles. The highest BCUT2D eigenvalue weighted by molar-refractivity contribution is 9.10. The van der Waals surface area contributed by atoms with Gasteiger partial charge in [-0.15, -0.1) is 22.0 Å². The lowest BCUT2D eigenvalue weighted by molar-refractivity contribution is 0.0697. The molecule has 2 N–H and O–H groups in total. The molecular weight excluding hydrogens is 330 g/mol. The van der Waals surface area contributed by atoms with Crippen molar-refractivity contribution in [1.82, 2.24) is 10.2 Å². The number of carbonyl (C=O) groups is 1. The van der Waals surface area contributed by atoms with Gasteiger partial charge in [-0.25, -0.2) is 4.79 Å². The third kappa shape index (κ3) is 3.45. The van der Waals surface area contributed by atoms with Gasteiger partial charge in [-0.3, -0.25) is 0 Å². The number of thioether (sulfide) groups is 1. The van der Waals surface area contributed by atoms with Crippen molar-refractivity contribution in [3.63, 3.8) is 0 Å². The molecule has 0 fully saturated rings. The Morgan fingerprint density at radius 1 is 1.37 bits per heavy atom. The zero-order chi connectivity index (χ0) is 13.8. The third-order valence-corrected chi connectivity index (χ3v) is 3.41. The number of benzene rings is 1. The summed E-state index contributed by atoms with van der Waals surface area (Å²) in [6, 6.07) is 8.87. The van der Waals surface area contributed by atoms with Crippen LogP contribution in [-0.4, -0.2) is 27.5 Å². The number of carboxylic acids is 1. The Morgan fingerprint density at radius 3 is 2.79 bits per heavy atom. The summed E-state index contributed by atoms with van der Waals surface area (Å²) in [7, 11) is 0. The van der Waals surface area contributed by atoms with E-state index in [0.29, 0.717) is 5.03 Å². The van der Waals surface area contributed by atoms with Crippen molar-refractivity contribution in [2.24, 2.45) is 0 Å². The molecule has 0 amide bonds. The van der Waals surface area contributed by atoms with Crippen molar-refractivity contribution < 1.29 is 9.90 Å². The molecule has 0 aliphatic heterocycles. The molecule has 2 aromatic rings. The summed E-state index contributed by atoms with van der Waals surface area (Å²) in [6.07, 6.45) is 1.82. The fraction of sp³-hybridized carbons (Fsp3) is 0.0833. The van der Waals surface area contributed by atoms with Crippen molar-refractivity contribution in [3.05, 3.63) is 40.4 Å². The summed E-state index contributed by atoms with van der Waals surface area (Å²) >= 11 is 4.70. The molecule has 7 heteroatoms. The number of nitrogens with zero attached hydrogens (tertiary/aromatic N) is 2. The maximum Gasteiger partial charge on any atom is 0.339 e. The highest BCUT2D eigenvalue weighted by atomic mass is 79.9. The van der Waals surface area contributed by atoms with Crippen molar-refractivity contribution in [1.29, 1.82) is 0 Å². The maximum atomic E-state index is 11.2. The van der Waals surface area contributed by atoms with E-state index in [4.69, 9.17) is 0 Å². The molecule has 1 heterocycles. The largest absolute Gasteiger partial charge is 0.478 e. The van der Waals surface area contributed by atoms with Crippen LogP contribution in [0.5, 0.6) is 0 Å². The minimum atomic E-state index is -1.04. The molecule has 0 spiro atoms. The first-order valence-corrected chi connectivity index (χ1v) is 7.29. The van der Waals surface area contributed by atoms with Gasteiger partial charge >= 0.3 is 5.97 Å². The Bertz CT molecular complexity index is 622. The lowest BCUT2D eigenvalue weighted by Gasteiger charge is -2.08. The van der Waals surface area contributed by atoms with E-state index in [1.54, 1.807) is 0 Å². The average Bonchev–Trinajstić information content (AvgIpc) is 2.39. The van der Waals surface area contributed by atoms with Crippen LogP contribution in [0.4, 0.5) is 11.5 Å². The van der Waals surface area contributed by atoms with Gasteiger partial charge in [-0.2, -0.15) is 0 Å². The molecule has 5 nitrogen and oxygen atoms in total. The zero-order valence-corrected chi connectivity index (χ0v) is 12.3. The normalized spacial score (nSPS) is 10.2. The van der Waals surface area contributed by atoms with Gasteiger partial charge in [0.05, 0.1) is 0 Å². The summed E-state index contributed by atoms with van der Waals surface area (Å²) in [4.78, 5) is 11.2. The van der Waals surface area contributed by atoms with E-state index in [9.17, 15) is 9.90 Å². The molecule has 0 aliphatic carbocycles. The van der Waals surface area contributed by atoms with Crippen molar-refractivity contribution >= 4 is 45.2 Å². The number of aromatic nitrogens is 2. The molecule has 1 aromatic carbocycles. The number of carboxylic acid groups (broad SMARTS) is 1. The number of nitrogens with one attached hydrogen (secondary N) is 1. The Hall–Kier alpha value is -1.60. The summed E-state index contributed by atoms with van der Waals surface area (Å²) in [5, 5.41) is 20.6. The van der Waals surface area contributed by atoms with E-state index in [1.807, 2.05) is 30.5 Å². The average molecular weight is 340 g/mol. The van der Waals surface area contributed by atoms with Gasteiger partial charge in [-0.05, 0) is 30.5 Å². The van der Waals surface area contributed by atoms with Gasteiger partial charge in [-0.1, -0.05) is 22.0 Å². The third-order valence-electron chi connectivity index (χ3n) is 2.30. The van der Waals surface area contributed by atoms with Gasteiger partial charge in [0, 0.05) is 10.2 Å². The van der Waals surface area contributed by atoms with Crippen LogP contribution in [0.25, 0.3) is 0 Å². The fourth-order valence-corrected chi connectivity index (χ4v) is 2.19. The topological polar surface area (TPSA) is 75.1 Å². The summed E-state index contributed by atoms with van der Waals surface area (Å²) in [6.45, 7) is 0. The van der Waals surface area contributed by atoms with Crippen molar-refractivity contribution in [3.8, 4) is 0 Å². The van der Waals surface area contributed by atoms with Crippen LogP contribution in [0.2, 0.25) is 0 Å². The van der Waals surface area contributed by atoms with Gasteiger partial charge in [0.1, 0.15) is 10.6 Å². The van der Waals surface area contributed by atoms with Crippen LogP contribution in [0.15, 0.2) is 39.8 Å². The van der Waals surface area contributed by atoms with Crippen LogP contribution < -0.4 is 5.32 Å². The molecule has 0 radical (unpaired) electrons. The van der Waals surface area contributed by atoms with E-state index in [1.165, 1.54) is 17.8 Å². The molecule has 0 saturated heterocycles. The molecule has 0 saturated carbocycles. The van der Waals surface area contributed by atoms with Gasteiger partial charge in [0.2, 0.25) is 0 Å². The summed E-state index contributed by atoms with van der Waals surface area (Å²) < 4.78 is 0.892. The number of aromatic carboxylic acids is 1. The molecule has 0 bridgehead atoms. The highest BCUT2D eigenvalue weighted by Crippen LogP contribution is 2.23. The van der Waals surface area contributed by atoms with Crippen LogP contribution in [-0.2, 0) is 0 Å². The van der Waals surface area contributed by atoms with Crippen molar-refractivity contribution in [2.45, 2.75) is 5.03 Å². The number of hydrogen-bond acceptors (Lipinski definition) is 5. The number of rotatable bonds is 4. The van der Waals surface area contributed by atoms with Gasteiger partial charge in [0.15, 0.2) is 5.82 Å². The summed E-state index contributed by atoms with van der Waals surface area (Å²) in [5.41, 5.74) is 0.836. The van der Waals surface area contributed by atoms with E-state index < -0.39 is 5.97 Å². The number of hydrogen-bond donors (Lipinski definition) is 2. The smallest absolute Gasteiger partial charge is 0.339 e. The maximum absolute atomic E-state index is 11.2. The first kappa shape index (κ1) is 13.8. The van der Waals surface area contributed by atoms with Crippen molar-refractivity contribution in [2.75, 3.05) is 11.6 Å². The Balaban J connectivity index is 2.36. The molecule has 19 heavy (non-hydrogen) atoms. The first-order chi connectivity index (χ1) is 9.10. The Kier molecular flexibility index (Phi) is 4.39. The van der Waals surface area contributed by atoms with Gasteiger partial charge < -0.3 is 10.4 Å². The van der Waals surface area contributed by atoms with Crippen LogP contribution in [0.3, 0.4) is 0 Å². The van der Waals surface area contributed by atoms with E-state index >= 15 is 0 Å². The zero-order valence-electron chi connectivity index (χ0n) is 9.92. The monoisotopic (exact) mass is 339 g/mol. The number of halogens is 1. The number of anilines is 2. The second-order valence-corrected chi connectivity index (χ2v) is 5.33. The SMILES string of the molecule is CSc1cc(C(=O)O)c(Nc2cccc(Br)c2)nn1. The van der Waals surface area contributed by atoms with Crippen LogP contribution in [0.1, 0.15) is 10.4 Å². The highest BCUT2D eigenvalue weighted by Gasteiger charge is 2.14. The molecule has 0 unspecified atom stereocenters. The van der Waals surface area contributed by atoms with E-state index in [-0.39, 0.29) is 11.4 Å². The standard InChI is InChI=1S/C12H10BrN3O2S/c1-19-10-6-9(12(17)18)11(16-15-10)14-8-4-2-3-7(13)5-8/h2-6H,1H3,(H,14,16)(H,17,18). The lowest BCUT2D eigenvalue weighted by Crippen LogP contribution is -2.06. The van der Waals surface area contributed by atoms with E-state index in [0.717, 1.165) is 10.2 Å². The van der Waals surface area contributed by atoms with Crippen LogP contribution >= 0.6 is 27.7 Å². The molecule has 98 valence electrons. The second kappa shape index (κ2) is 6.03. The predicted molar refractivity (Wildman–Crippen MR) is 78.2 cm³/mol. The first-order valence-electron chi connectivity index (χ1n) is 5.28. The molecule has 0 aliphatic rings. The van der Waals surface area contributed by atoms with Crippen LogP contribution in [0, 0.1) is 0 Å². The Labute approximate surface area is 122 Å². The minimum absolute atomic E-state index is 0.0966. The summed E-state index contributed by atoms with van der Waals surface area (Å²) in [5.74, 6) is -0.814. The molecule has 2 rings (SSSR count). The molecule has 0 atom stereocenters. The fourth-order valence-electron chi connectivity index (χ4n) is 1.43. The Morgan fingerprint density at radius 2 is 2.16 bits per heavy atom. The molecular formula is C12H10BrN3O2S. The quantitative estimate of drug-likeness (QED) is 0.831. The predicted octanol–water partition coefficient (Wildman–Crippen LogP) is 3.40. The van der Waals surface area contributed by atoms with E-state index in [2.05, 4.69) is 31.4 Å².